The maximum atomic E-state index is 13.8. The molecule has 3 aromatic carbocycles. The second-order valence-corrected chi connectivity index (χ2v) is 8.85. The van der Waals surface area contributed by atoms with Crippen LogP contribution in [0.4, 0.5) is 17.6 Å². The van der Waals surface area contributed by atoms with Gasteiger partial charge >= 0.3 is 6.18 Å². The van der Waals surface area contributed by atoms with Crippen molar-refractivity contribution in [3.05, 3.63) is 110 Å². The normalized spacial score (nSPS) is 14.7. The fraction of sp³-hybridized carbons (Fsp3) is 0.185. The van der Waals surface area contributed by atoms with Crippen molar-refractivity contribution in [2.45, 2.75) is 32.5 Å². The van der Waals surface area contributed by atoms with Gasteiger partial charge in [0.25, 0.3) is 11.8 Å². The number of halogens is 5. The summed E-state index contributed by atoms with van der Waals surface area (Å²) in [5.41, 5.74) is 2.50. The van der Waals surface area contributed by atoms with Gasteiger partial charge in [-0.1, -0.05) is 60.2 Å². The third-order valence-electron chi connectivity index (χ3n) is 6.00. The van der Waals surface area contributed by atoms with Crippen LogP contribution in [-0.2, 0) is 6.54 Å². The minimum absolute atomic E-state index is 0.0310. The number of rotatable bonds is 5. The molecule has 0 fully saturated rings. The van der Waals surface area contributed by atoms with E-state index in [9.17, 15) is 27.2 Å². The molecule has 0 saturated heterocycles. The molecule has 0 spiro atoms. The summed E-state index contributed by atoms with van der Waals surface area (Å²) < 4.78 is 55.1. The van der Waals surface area contributed by atoms with E-state index in [1.165, 1.54) is 13.0 Å². The molecule has 0 bridgehead atoms. The minimum atomic E-state index is -4.61. The molecule has 1 aliphatic heterocycles. The Balaban J connectivity index is 1.57. The van der Waals surface area contributed by atoms with Crippen molar-refractivity contribution in [2.75, 3.05) is 0 Å². The van der Waals surface area contributed by atoms with E-state index in [-0.39, 0.29) is 34.5 Å². The first-order valence-corrected chi connectivity index (χ1v) is 11.1. The number of allylic oxidation sites excluding steroid dienone is 1. The molecule has 2 amide bonds. The molecule has 1 heterocycles. The summed E-state index contributed by atoms with van der Waals surface area (Å²) in [6.45, 7) is 3.17. The Morgan fingerprint density at radius 2 is 1.57 bits per heavy atom. The summed E-state index contributed by atoms with van der Waals surface area (Å²) in [6, 6.07) is 13.7. The number of benzene rings is 3. The summed E-state index contributed by atoms with van der Waals surface area (Å²) >= 11 is 5.77. The Morgan fingerprint density at radius 3 is 2.11 bits per heavy atom. The summed E-state index contributed by atoms with van der Waals surface area (Å²) in [5, 5.41) is -0.365. The standard InChI is InChI=1S/C27H20ClF4NO2/c1-15-11-17(8-10-22(27(30,31)32)19-12-16(2)24(29)23(28)13-19)7-9-18(15)14-33-25(34)20-5-3-4-6-21(20)26(33)35/h3-13,22H,14H2,1-2H3/b10-8+. The monoisotopic (exact) mass is 501 g/mol. The Labute approximate surface area is 204 Å². The van der Waals surface area contributed by atoms with Crippen LogP contribution >= 0.6 is 11.6 Å². The van der Waals surface area contributed by atoms with Gasteiger partial charge in [0.15, 0.2) is 0 Å². The van der Waals surface area contributed by atoms with Crippen LogP contribution in [0.1, 0.15) is 54.5 Å². The average Bonchev–Trinajstić information content (AvgIpc) is 3.03. The predicted octanol–water partition coefficient (Wildman–Crippen LogP) is 7.25. The lowest BCUT2D eigenvalue weighted by molar-refractivity contribution is -0.139. The molecule has 4 rings (SSSR count). The van der Waals surface area contributed by atoms with Crippen molar-refractivity contribution in [3.8, 4) is 0 Å². The van der Waals surface area contributed by atoms with Gasteiger partial charge in [-0.25, -0.2) is 4.39 Å². The van der Waals surface area contributed by atoms with Crippen molar-refractivity contribution >= 4 is 29.5 Å². The molecule has 35 heavy (non-hydrogen) atoms. The smallest absolute Gasteiger partial charge is 0.270 e. The van der Waals surface area contributed by atoms with E-state index >= 15 is 0 Å². The number of amides is 2. The number of carbonyl (C=O) groups excluding carboxylic acids is 2. The Bertz CT molecular complexity index is 1310. The molecule has 1 aliphatic rings. The molecular weight excluding hydrogens is 482 g/mol. The number of alkyl halides is 3. The van der Waals surface area contributed by atoms with Gasteiger partial charge in [-0.05, 0) is 59.9 Å². The van der Waals surface area contributed by atoms with E-state index in [0.717, 1.165) is 23.1 Å². The Kier molecular flexibility index (Phi) is 6.56. The van der Waals surface area contributed by atoms with Crippen LogP contribution in [0.25, 0.3) is 6.08 Å². The van der Waals surface area contributed by atoms with Crippen molar-refractivity contribution in [1.82, 2.24) is 4.90 Å². The number of imide groups is 1. The number of nitrogens with zero attached hydrogens (tertiary/aromatic N) is 1. The molecule has 0 aromatic heterocycles. The van der Waals surface area contributed by atoms with E-state index in [2.05, 4.69) is 0 Å². The molecule has 180 valence electrons. The maximum absolute atomic E-state index is 13.8. The van der Waals surface area contributed by atoms with Crippen LogP contribution in [0.15, 0.2) is 60.7 Å². The molecule has 0 aliphatic carbocycles. The summed E-state index contributed by atoms with van der Waals surface area (Å²) in [7, 11) is 0. The molecule has 3 aromatic rings. The van der Waals surface area contributed by atoms with Crippen LogP contribution in [0, 0.1) is 19.7 Å². The van der Waals surface area contributed by atoms with Crippen molar-refractivity contribution in [3.63, 3.8) is 0 Å². The molecule has 0 radical (unpaired) electrons. The highest BCUT2D eigenvalue weighted by molar-refractivity contribution is 6.30. The zero-order chi connectivity index (χ0) is 25.5. The van der Waals surface area contributed by atoms with Crippen LogP contribution in [-0.4, -0.2) is 22.9 Å². The Morgan fingerprint density at radius 1 is 0.943 bits per heavy atom. The lowest BCUT2D eigenvalue weighted by Crippen LogP contribution is -2.29. The lowest BCUT2D eigenvalue weighted by Gasteiger charge is -2.19. The molecular formula is C27H20ClF4NO2. The molecule has 1 atom stereocenters. The van der Waals surface area contributed by atoms with Crippen molar-refractivity contribution in [2.24, 2.45) is 0 Å². The lowest BCUT2D eigenvalue weighted by atomic mass is 9.95. The predicted molar refractivity (Wildman–Crippen MR) is 126 cm³/mol. The van der Waals surface area contributed by atoms with E-state index in [1.54, 1.807) is 49.4 Å². The van der Waals surface area contributed by atoms with E-state index in [0.29, 0.717) is 27.8 Å². The number of hydrogen-bond donors (Lipinski definition) is 0. The summed E-state index contributed by atoms with van der Waals surface area (Å²) in [6.07, 6.45) is -2.27. The molecule has 1 unspecified atom stereocenters. The fourth-order valence-corrected chi connectivity index (χ4v) is 4.38. The highest BCUT2D eigenvalue weighted by atomic mass is 35.5. The van der Waals surface area contributed by atoms with Gasteiger partial charge in [0.2, 0.25) is 0 Å². The number of aryl methyl sites for hydroxylation is 2. The average molecular weight is 502 g/mol. The van der Waals surface area contributed by atoms with Crippen molar-refractivity contribution in [1.29, 1.82) is 0 Å². The van der Waals surface area contributed by atoms with E-state index in [1.807, 2.05) is 0 Å². The molecule has 8 heteroatoms. The van der Waals surface area contributed by atoms with Crippen LogP contribution in [0.5, 0.6) is 0 Å². The van der Waals surface area contributed by atoms with E-state index in [4.69, 9.17) is 11.6 Å². The first kappa shape index (κ1) is 24.7. The largest absolute Gasteiger partial charge is 0.399 e. The van der Waals surface area contributed by atoms with Crippen LogP contribution in [0.3, 0.4) is 0 Å². The fourth-order valence-electron chi connectivity index (χ4n) is 4.10. The van der Waals surface area contributed by atoms with E-state index < -0.39 is 17.9 Å². The van der Waals surface area contributed by atoms with Gasteiger partial charge < -0.3 is 0 Å². The SMILES string of the molecule is Cc1cc(/C=C/C(c2cc(C)c(F)c(Cl)c2)C(F)(F)F)ccc1CN1C(=O)c2ccccc2C1=O. The third kappa shape index (κ3) is 4.86. The third-order valence-corrected chi connectivity index (χ3v) is 6.27. The van der Waals surface area contributed by atoms with Crippen LogP contribution < -0.4 is 0 Å². The number of fused-ring (bicyclic) bond motifs is 1. The summed E-state index contributed by atoms with van der Waals surface area (Å²) in [4.78, 5) is 26.4. The number of hydrogen-bond acceptors (Lipinski definition) is 2. The molecule has 0 saturated carbocycles. The second-order valence-electron chi connectivity index (χ2n) is 8.44. The first-order valence-electron chi connectivity index (χ1n) is 10.7. The highest BCUT2D eigenvalue weighted by Gasteiger charge is 2.39. The topological polar surface area (TPSA) is 37.4 Å². The second kappa shape index (κ2) is 9.30. The molecule has 0 N–H and O–H groups in total. The zero-order valence-electron chi connectivity index (χ0n) is 18.8. The van der Waals surface area contributed by atoms with Gasteiger partial charge in [0.1, 0.15) is 5.82 Å². The van der Waals surface area contributed by atoms with Crippen LogP contribution in [0.2, 0.25) is 5.02 Å². The van der Waals surface area contributed by atoms with Crippen molar-refractivity contribution < 1.29 is 27.2 Å². The minimum Gasteiger partial charge on any atom is -0.270 e. The van der Waals surface area contributed by atoms with Gasteiger partial charge in [-0.3, -0.25) is 14.5 Å². The van der Waals surface area contributed by atoms with Gasteiger partial charge in [-0.2, -0.15) is 13.2 Å². The maximum Gasteiger partial charge on any atom is 0.399 e. The Hall–Kier alpha value is -3.45. The first-order chi connectivity index (χ1) is 16.5. The van der Waals surface area contributed by atoms with Gasteiger partial charge in [0, 0.05) is 0 Å². The van der Waals surface area contributed by atoms with Gasteiger partial charge in [0.05, 0.1) is 28.6 Å². The highest BCUT2D eigenvalue weighted by Crippen LogP contribution is 2.38. The zero-order valence-corrected chi connectivity index (χ0v) is 19.5. The quantitative estimate of drug-likeness (QED) is 0.273. The van der Waals surface area contributed by atoms with Gasteiger partial charge in [-0.15, -0.1) is 0 Å². The summed E-state index contributed by atoms with van der Waals surface area (Å²) in [5.74, 6) is -3.48. The number of carbonyl (C=O) groups is 2. The molecule has 3 nitrogen and oxygen atoms in total.